The molecule has 1 heterocycles. The van der Waals surface area contributed by atoms with Crippen LogP contribution in [0.5, 0.6) is 0 Å². The zero-order valence-electron chi connectivity index (χ0n) is 7.70. The lowest BCUT2D eigenvalue weighted by Crippen LogP contribution is -2.18. The van der Waals surface area contributed by atoms with E-state index in [0.29, 0.717) is 5.92 Å². The lowest BCUT2D eigenvalue weighted by atomic mass is 10.1. The molecule has 13 heavy (non-hydrogen) atoms. The molecule has 0 bridgehead atoms. The van der Waals surface area contributed by atoms with E-state index in [1.807, 2.05) is 10.9 Å². The van der Waals surface area contributed by atoms with E-state index in [1.54, 1.807) is 0 Å². The molecule has 1 aromatic heterocycles. The minimum absolute atomic E-state index is 0.164. The largest absolute Gasteiger partial charge is 0.322 e. The van der Waals surface area contributed by atoms with Crippen LogP contribution in [0.1, 0.15) is 31.5 Å². The van der Waals surface area contributed by atoms with Crippen LogP contribution in [0.2, 0.25) is 0 Å². The third-order valence-corrected chi connectivity index (χ3v) is 3.19. The summed E-state index contributed by atoms with van der Waals surface area (Å²) in [5.74, 6) is 0.679. The Balaban J connectivity index is 2.29. The molecule has 0 amide bonds. The fourth-order valence-corrected chi connectivity index (χ4v) is 2.19. The molecule has 1 aliphatic rings. The molecule has 2 N–H and O–H groups in total. The quantitative estimate of drug-likeness (QED) is 0.884. The van der Waals surface area contributed by atoms with E-state index < -0.39 is 0 Å². The summed E-state index contributed by atoms with van der Waals surface area (Å²) < 4.78 is 3.03. The predicted molar refractivity (Wildman–Crippen MR) is 55.3 cm³/mol. The molecule has 1 fully saturated rings. The topological polar surface area (TPSA) is 43.8 Å². The molecule has 1 atom stereocenters. The van der Waals surface area contributed by atoms with Crippen LogP contribution in [0, 0.1) is 5.92 Å². The van der Waals surface area contributed by atoms with Gasteiger partial charge in [0.25, 0.3) is 0 Å². The van der Waals surface area contributed by atoms with Crippen LogP contribution in [0.15, 0.2) is 10.7 Å². The number of rotatable bonds is 3. The molecule has 3 nitrogen and oxygen atoms in total. The van der Waals surface area contributed by atoms with Crippen molar-refractivity contribution in [1.82, 2.24) is 9.78 Å². The molecule has 1 aromatic rings. The van der Waals surface area contributed by atoms with Gasteiger partial charge in [0.2, 0.25) is 0 Å². The first-order valence-corrected chi connectivity index (χ1v) is 5.50. The Morgan fingerprint density at radius 1 is 1.77 bits per heavy atom. The average molecular weight is 244 g/mol. The van der Waals surface area contributed by atoms with Gasteiger partial charge in [0.15, 0.2) is 0 Å². The molecule has 0 aliphatic heterocycles. The Morgan fingerprint density at radius 3 is 3.00 bits per heavy atom. The Kier molecular flexibility index (Phi) is 2.43. The van der Waals surface area contributed by atoms with Crippen molar-refractivity contribution < 1.29 is 0 Å². The van der Waals surface area contributed by atoms with Gasteiger partial charge in [-0.3, -0.25) is 4.68 Å². The van der Waals surface area contributed by atoms with Gasteiger partial charge >= 0.3 is 0 Å². The first kappa shape index (κ1) is 9.21. The average Bonchev–Trinajstić information content (AvgIpc) is 2.89. The summed E-state index contributed by atoms with van der Waals surface area (Å²) in [7, 11) is 0. The highest BCUT2D eigenvalue weighted by molar-refractivity contribution is 9.10. The second-order valence-electron chi connectivity index (χ2n) is 3.56. The van der Waals surface area contributed by atoms with Crippen molar-refractivity contribution in [3.63, 3.8) is 0 Å². The van der Waals surface area contributed by atoms with Gasteiger partial charge in [0.1, 0.15) is 0 Å². The van der Waals surface area contributed by atoms with Crippen molar-refractivity contribution in [2.75, 3.05) is 0 Å². The molecule has 72 valence electrons. The summed E-state index contributed by atoms with van der Waals surface area (Å²) >= 11 is 3.49. The minimum Gasteiger partial charge on any atom is -0.322 e. The zero-order valence-corrected chi connectivity index (χ0v) is 9.29. The standard InChI is InChI=1S/C9H14BrN3/c1-2-13-9(7(10)5-12-13)8(11)6-3-4-6/h5-6,8H,2-4,11H2,1H3. The Hall–Kier alpha value is -0.350. The normalized spacial score (nSPS) is 19.0. The first-order valence-electron chi connectivity index (χ1n) is 4.70. The smallest absolute Gasteiger partial charge is 0.0696 e. The third kappa shape index (κ3) is 1.65. The van der Waals surface area contributed by atoms with Gasteiger partial charge < -0.3 is 5.73 Å². The van der Waals surface area contributed by atoms with Crippen LogP contribution in [0.25, 0.3) is 0 Å². The molecule has 0 aromatic carbocycles. The van der Waals surface area contributed by atoms with Crippen molar-refractivity contribution in [3.05, 3.63) is 16.4 Å². The molecule has 0 spiro atoms. The van der Waals surface area contributed by atoms with Crippen molar-refractivity contribution in [1.29, 1.82) is 0 Å². The number of aromatic nitrogens is 2. The number of nitrogens with two attached hydrogens (primary N) is 1. The van der Waals surface area contributed by atoms with Crippen molar-refractivity contribution in [3.8, 4) is 0 Å². The van der Waals surface area contributed by atoms with Crippen molar-refractivity contribution in [2.45, 2.75) is 32.4 Å². The Labute approximate surface area is 86.4 Å². The molecule has 1 saturated carbocycles. The fourth-order valence-electron chi connectivity index (χ4n) is 1.63. The lowest BCUT2D eigenvalue weighted by Gasteiger charge is -2.12. The molecular formula is C9H14BrN3. The molecular weight excluding hydrogens is 230 g/mol. The highest BCUT2D eigenvalue weighted by Crippen LogP contribution is 2.41. The number of hydrogen-bond acceptors (Lipinski definition) is 2. The second kappa shape index (κ2) is 3.42. The van der Waals surface area contributed by atoms with Crippen molar-refractivity contribution >= 4 is 15.9 Å². The maximum Gasteiger partial charge on any atom is 0.0696 e. The second-order valence-corrected chi connectivity index (χ2v) is 4.41. The van der Waals surface area contributed by atoms with Crippen molar-refractivity contribution in [2.24, 2.45) is 11.7 Å². The van der Waals surface area contributed by atoms with Gasteiger partial charge in [-0.2, -0.15) is 5.10 Å². The van der Waals surface area contributed by atoms with E-state index >= 15 is 0 Å². The monoisotopic (exact) mass is 243 g/mol. The maximum absolute atomic E-state index is 6.13. The van der Waals surface area contributed by atoms with Crippen LogP contribution < -0.4 is 5.73 Å². The molecule has 1 aliphatic carbocycles. The summed E-state index contributed by atoms with van der Waals surface area (Å²) in [6.07, 6.45) is 4.37. The van der Waals surface area contributed by atoms with Crippen LogP contribution >= 0.6 is 15.9 Å². The SMILES string of the molecule is CCn1ncc(Br)c1C(N)C1CC1. The van der Waals surface area contributed by atoms with E-state index in [4.69, 9.17) is 5.73 Å². The summed E-state index contributed by atoms with van der Waals surface area (Å²) in [4.78, 5) is 0. The zero-order chi connectivity index (χ0) is 9.42. The fraction of sp³-hybridized carbons (Fsp3) is 0.667. The number of nitrogens with zero attached hydrogens (tertiary/aromatic N) is 2. The van der Waals surface area contributed by atoms with Crippen LogP contribution in [0.4, 0.5) is 0 Å². The van der Waals surface area contributed by atoms with E-state index in [0.717, 1.165) is 16.7 Å². The third-order valence-electron chi connectivity index (χ3n) is 2.58. The molecule has 0 radical (unpaired) electrons. The van der Waals surface area contributed by atoms with E-state index in [9.17, 15) is 0 Å². The number of aryl methyl sites for hydroxylation is 1. The molecule has 1 unspecified atom stereocenters. The predicted octanol–water partition coefficient (Wildman–Crippen LogP) is 2.08. The summed E-state index contributed by atoms with van der Waals surface area (Å²) in [5, 5.41) is 4.26. The number of halogens is 1. The van der Waals surface area contributed by atoms with E-state index in [2.05, 4.69) is 28.0 Å². The summed E-state index contributed by atoms with van der Waals surface area (Å²) in [6, 6.07) is 0.164. The van der Waals surface area contributed by atoms with Gasteiger partial charge in [-0.05, 0) is 41.6 Å². The minimum atomic E-state index is 0.164. The number of hydrogen-bond donors (Lipinski definition) is 1. The van der Waals surface area contributed by atoms with Crippen LogP contribution in [-0.4, -0.2) is 9.78 Å². The molecule has 0 saturated heterocycles. The molecule has 2 rings (SSSR count). The van der Waals surface area contributed by atoms with E-state index in [1.165, 1.54) is 12.8 Å². The highest BCUT2D eigenvalue weighted by atomic mass is 79.9. The maximum atomic E-state index is 6.13. The lowest BCUT2D eigenvalue weighted by molar-refractivity contribution is 0.533. The Bertz CT molecular complexity index is 304. The van der Waals surface area contributed by atoms with E-state index in [-0.39, 0.29) is 6.04 Å². The highest BCUT2D eigenvalue weighted by Gasteiger charge is 2.32. The van der Waals surface area contributed by atoms with Gasteiger partial charge in [-0.15, -0.1) is 0 Å². The first-order chi connectivity index (χ1) is 6.24. The van der Waals surface area contributed by atoms with Gasteiger partial charge in [-0.25, -0.2) is 0 Å². The van der Waals surface area contributed by atoms with Crippen LogP contribution in [-0.2, 0) is 6.54 Å². The van der Waals surface area contributed by atoms with Gasteiger partial charge in [-0.1, -0.05) is 0 Å². The Morgan fingerprint density at radius 2 is 2.46 bits per heavy atom. The summed E-state index contributed by atoms with van der Waals surface area (Å²) in [6.45, 7) is 2.98. The molecule has 4 heteroatoms. The van der Waals surface area contributed by atoms with Crippen LogP contribution in [0.3, 0.4) is 0 Å². The van der Waals surface area contributed by atoms with Gasteiger partial charge in [0, 0.05) is 6.54 Å². The summed E-state index contributed by atoms with van der Waals surface area (Å²) in [5.41, 5.74) is 7.29. The van der Waals surface area contributed by atoms with Gasteiger partial charge in [0.05, 0.1) is 22.4 Å².